The van der Waals surface area contributed by atoms with Crippen molar-refractivity contribution in [2.75, 3.05) is 6.61 Å². The molecule has 0 aliphatic rings. The maximum atomic E-state index is 13.1. The molecule has 0 saturated heterocycles. The molecular formula is C13H15FN2O. The Morgan fingerprint density at radius 3 is 2.94 bits per heavy atom. The van der Waals surface area contributed by atoms with Crippen LogP contribution in [-0.4, -0.2) is 21.7 Å². The summed E-state index contributed by atoms with van der Waals surface area (Å²) in [5, 5.41) is 8.77. The zero-order chi connectivity index (χ0) is 12.3. The van der Waals surface area contributed by atoms with Crippen LogP contribution in [-0.2, 0) is 6.42 Å². The molecule has 0 bridgehead atoms. The Kier molecular flexibility index (Phi) is 3.54. The lowest BCUT2D eigenvalue weighted by Crippen LogP contribution is -1.91. The van der Waals surface area contributed by atoms with Gasteiger partial charge < -0.3 is 10.1 Å². The van der Waals surface area contributed by atoms with E-state index in [1.807, 2.05) is 13.0 Å². The van der Waals surface area contributed by atoms with Gasteiger partial charge >= 0.3 is 0 Å². The Hall–Kier alpha value is -1.68. The number of H-pyrrole nitrogens is 1. The molecule has 1 heterocycles. The van der Waals surface area contributed by atoms with E-state index in [-0.39, 0.29) is 12.4 Å². The summed E-state index contributed by atoms with van der Waals surface area (Å²) in [6.45, 7) is 2.06. The zero-order valence-electron chi connectivity index (χ0n) is 9.70. The fourth-order valence-corrected chi connectivity index (χ4v) is 1.80. The molecule has 2 N–H and O–H groups in total. The molecule has 0 radical (unpaired) electrons. The Balaban J connectivity index is 2.29. The molecule has 0 aliphatic carbocycles. The third kappa shape index (κ3) is 2.71. The van der Waals surface area contributed by atoms with Crippen LogP contribution in [0.5, 0.6) is 0 Å². The van der Waals surface area contributed by atoms with E-state index < -0.39 is 0 Å². The predicted molar refractivity (Wildman–Crippen MR) is 64.1 cm³/mol. The van der Waals surface area contributed by atoms with Crippen LogP contribution < -0.4 is 0 Å². The largest absolute Gasteiger partial charge is 0.396 e. The van der Waals surface area contributed by atoms with Crippen LogP contribution >= 0.6 is 0 Å². The first-order chi connectivity index (χ1) is 8.20. The monoisotopic (exact) mass is 234 g/mol. The molecule has 2 aromatic rings. The highest BCUT2D eigenvalue weighted by Gasteiger charge is 2.09. The fraction of sp³-hybridized carbons (Fsp3) is 0.308. The molecule has 0 unspecified atom stereocenters. The van der Waals surface area contributed by atoms with Crippen molar-refractivity contribution < 1.29 is 9.50 Å². The standard InChI is InChI=1S/C13H15FN2O/c1-9-13(10-4-2-5-11(14)8-10)16-12(15-9)6-3-7-17/h2,4-5,8,17H,3,6-7H2,1H3,(H,15,16). The molecule has 90 valence electrons. The van der Waals surface area contributed by atoms with Crippen LogP contribution in [0.1, 0.15) is 17.9 Å². The molecule has 2 rings (SSSR count). The number of aryl methyl sites for hydroxylation is 2. The molecule has 0 atom stereocenters. The Bertz CT molecular complexity index is 508. The fourth-order valence-electron chi connectivity index (χ4n) is 1.80. The first-order valence-electron chi connectivity index (χ1n) is 5.63. The van der Waals surface area contributed by atoms with Crippen LogP contribution in [0.15, 0.2) is 24.3 Å². The minimum atomic E-state index is -0.262. The number of aliphatic hydroxyl groups excluding tert-OH is 1. The van der Waals surface area contributed by atoms with Crippen molar-refractivity contribution in [2.45, 2.75) is 19.8 Å². The third-order valence-corrected chi connectivity index (χ3v) is 2.60. The van der Waals surface area contributed by atoms with Gasteiger partial charge in [-0.3, -0.25) is 0 Å². The van der Waals surface area contributed by atoms with Gasteiger partial charge in [0.2, 0.25) is 0 Å². The number of nitrogens with zero attached hydrogens (tertiary/aromatic N) is 1. The van der Waals surface area contributed by atoms with E-state index in [0.717, 1.165) is 22.8 Å². The Morgan fingerprint density at radius 2 is 2.24 bits per heavy atom. The van der Waals surface area contributed by atoms with Gasteiger partial charge in [-0.2, -0.15) is 0 Å². The molecule has 0 spiro atoms. The molecule has 0 amide bonds. The second-order valence-corrected chi connectivity index (χ2v) is 3.99. The Morgan fingerprint density at radius 1 is 1.41 bits per heavy atom. The topological polar surface area (TPSA) is 48.9 Å². The quantitative estimate of drug-likeness (QED) is 0.853. The van der Waals surface area contributed by atoms with Gasteiger partial charge in [0.05, 0.1) is 5.69 Å². The average molecular weight is 234 g/mol. The van der Waals surface area contributed by atoms with Gasteiger partial charge in [-0.25, -0.2) is 9.37 Å². The van der Waals surface area contributed by atoms with Crippen molar-refractivity contribution in [3.05, 3.63) is 41.6 Å². The van der Waals surface area contributed by atoms with Crippen LogP contribution in [0, 0.1) is 12.7 Å². The van der Waals surface area contributed by atoms with E-state index in [2.05, 4.69) is 9.97 Å². The number of rotatable bonds is 4. The van der Waals surface area contributed by atoms with Crippen LogP contribution in [0.2, 0.25) is 0 Å². The lowest BCUT2D eigenvalue weighted by atomic mass is 10.1. The molecule has 0 aliphatic heterocycles. The third-order valence-electron chi connectivity index (χ3n) is 2.60. The molecule has 4 heteroatoms. The maximum absolute atomic E-state index is 13.1. The highest BCUT2D eigenvalue weighted by atomic mass is 19.1. The second kappa shape index (κ2) is 5.10. The number of hydrogen-bond acceptors (Lipinski definition) is 2. The lowest BCUT2D eigenvalue weighted by Gasteiger charge is -1.98. The van der Waals surface area contributed by atoms with Crippen LogP contribution in [0.25, 0.3) is 11.3 Å². The summed E-state index contributed by atoms with van der Waals surface area (Å²) in [7, 11) is 0. The summed E-state index contributed by atoms with van der Waals surface area (Å²) < 4.78 is 13.1. The lowest BCUT2D eigenvalue weighted by molar-refractivity contribution is 0.287. The van der Waals surface area contributed by atoms with E-state index >= 15 is 0 Å². The second-order valence-electron chi connectivity index (χ2n) is 3.99. The van der Waals surface area contributed by atoms with Crippen molar-refractivity contribution in [2.24, 2.45) is 0 Å². The number of halogens is 1. The number of benzene rings is 1. The van der Waals surface area contributed by atoms with Crippen molar-refractivity contribution in [1.29, 1.82) is 0 Å². The summed E-state index contributed by atoms with van der Waals surface area (Å²) in [4.78, 5) is 7.58. The van der Waals surface area contributed by atoms with Crippen molar-refractivity contribution in [3.63, 3.8) is 0 Å². The maximum Gasteiger partial charge on any atom is 0.123 e. The molecule has 0 saturated carbocycles. The minimum Gasteiger partial charge on any atom is -0.396 e. The number of hydrogen-bond donors (Lipinski definition) is 2. The summed E-state index contributed by atoms with van der Waals surface area (Å²) in [6, 6.07) is 6.39. The van der Waals surface area contributed by atoms with Gasteiger partial charge in [-0.05, 0) is 25.5 Å². The highest BCUT2D eigenvalue weighted by Crippen LogP contribution is 2.22. The number of imidazole rings is 1. The normalized spacial score (nSPS) is 10.8. The van der Waals surface area contributed by atoms with E-state index in [1.165, 1.54) is 12.1 Å². The van der Waals surface area contributed by atoms with Crippen LogP contribution in [0.3, 0.4) is 0 Å². The first kappa shape index (κ1) is 11.8. The zero-order valence-corrected chi connectivity index (χ0v) is 9.70. The van der Waals surface area contributed by atoms with E-state index in [4.69, 9.17) is 5.11 Å². The minimum absolute atomic E-state index is 0.148. The summed E-state index contributed by atoms with van der Waals surface area (Å²) in [5.41, 5.74) is 2.47. The van der Waals surface area contributed by atoms with Crippen LogP contribution in [0.4, 0.5) is 4.39 Å². The average Bonchev–Trinajstić information content (AvgIpc) is 2.68. The molecular weight excluding hydrogens is 219 g/mol. The first-order valence-corrected chi connectivity index (χ1v) is 5.63. The summed E-state index contributed by atoms with van der Waals surface area (Å²) >= 11 is 0. The van der Waals surface area contributed by atoms with Gasteiger partial charge in [0.15, 0.2) is 0 Å². The molecule has 17 heavy (non-hydrogen) atoms. The van der Waals surface area contributed by atoms with Crippen molar-refractivity contribution in [1.82, 2.24) is 9.97 Å². The van der Waals surface area contributed by atoms with E-state index in [1.54, 1.807) is 6.07 Å². The predicted octanol–water partition coefficient (Wildman–Crippen LogP) is 2.45. The Labute approximate surface area is 99.3 Å². The molecule has 3 nitrogen and oxygen atoms in total. The summed E-state index contributed by atoms with van der Waals surface area (Å²) in [5.74, 6) is 0.567. The number of aromatic amines is 1. The molecule has 1 aromatic carbocycles. The van der Waals surface area contributed by atoms with Crippen molar-refractivity contribution in [3.8, 4) is 11.3 Å². The van der Waals surface area contributed by atoms with E-state index in [0.29, 0.717) is 12.8 Å². The number of nitrogens with one attached hydrogen (secondary N) is 1. The van der Waals surface area contributed by atoms with Gasteiger partial charge in [-0.1, -0.05) is 12.1 Å². The van der Waals surface area contributed by atoms with Gasteiger partial charge in [0, 0.05) is 24.3 Å². The van der Waals surface area contributed by atoms with Crippen molar-refractivity contribution >= 4 is 0 Å². The van der Waals surface area contributed by atoms with E-state index in [9.17, 15) is 4.39 Å². The summed E-state index contributed by atoms with van der Waals surface area (Å²) in [6.07, 6.45) is 1.38. The highest BCUT2D eigenvalue weighted by molar-refractivity contribution is 5.61. The van der Waals surface area contributed by atoms with Gasteiger partial charge in [0.1, 0.15) is 11.6 Å². The smallest absolute Gasteiger partial charge is 0.123 e. The molecule has 0 fully saturated rings. The SMILES string of the molecule is Cc1[nH]c(CCCO)nc1-c1cccc(F)c1. The number of aliphatic hydroxyl groups is 1. The molecule has 1 aromatic heterocycles. The van der Waals surface area contributed by atoms with Gasteiger partial charge in [0.25, 0.3) is 0 Å². The number of aromatic nitrogens is 2. The van der Waals surface area contributed by atoms with Gasteiger partial charge in [-0.15, -0.1) is 0 Å².